The van der Waals surface area contributed by atoms with E-state index >= 15 is 0 Å². The summed E-state index contributed by atoms with van der Waals surface area (Å²) in [6, 6.07) is 8.34. The zero-order valence-electron chi connectivity index (χ0n) is 13.2. The number of benzene rings is 1. The molecule has 2 amide bonds. The number of aryl methyl sites for hydroxylation is 1. The molecule has 0 spiro atoms. The first-order valence-electron chi connectivity index (χ1n) is 7.54. The van der Waals surface area contributed by atoms with Gasteiger partial charge in [-0.3, -0.25) is 9.59 Å². The van der Waals surface area contributed by atoms with E-state index in [4.69, 9.17) is 0 Å². The fraction of sp³-hybridized carbons (Fsp3) is 0.500. The van der Waals surface area contributed by atoms with Crippen molar-refractivity contribution in [1.29, 1.82) is 0 Å². The number of nitrogens with one attached hydrogen (secondary N) is 1. The first-order chi connectivity index (χ1) is 10.6. The molecule has 0 unspecified atom stereocenters. The van der Waals surface area contributed by atoms with Crippen molar-refractivity contribution in [3.63, 3.8) is 0 Å². The van der Waals surface area contributed by atoms with E-state index in [1.54, 1.807) is 16.7 Å². The number of thioether (sulfide) groups is 1. The van der Waals surface area contributed by atoms with Gasteiger partial charge in [0, 0.05) is 25.3 Å². The molecule has 1 N–H and O–H groups in total. The van der Waals surface area contributed by atoms with Crippen LogP contribution in [0.1, 0.15) is 12.5 Å². The third-order valence-corrected chi connectivity index (χ3v) is 4.56. The zero-order chi connectivity index (χ0) is 15.9. The number of carbonyl (C=O) groups is 2. The van der Waals surface area contributed by atoms with E-state index in [0.717, 1.165) is 13.1 Å². The molecule has 0 radical (unpaired) electrons. The lowest BCUT2D eigenvalue weighted by atomic mass is 10.2. The van der Waals surface area contributed by atoms with Crippen molar-refractivity contribution in [3.8, 4) is 0 Å². The van der Waals surface area contributed by atoms with Gasteiger partial charge in [0.2, 0.25) is 11.8 Å². The lowest BCUT2D eigenvalue weighted by Crippen LogP contribution is -2.41. The van der Waals surface area contributed by atoms with Crippen molar-refractivity contribution in [3.05, 3.63) is 29.8 Å². The van der Waals surface area contributed by atoms with Gasteiger partial charge in [0.1, 0.15) is 6.54 Å². The first-order valence-corrected chi connectivity index (χ1v) is 8.69. The minimum Gasteiger partial charge on any atom is -0.370 e. The zero-order valence-corrected chi connectivity index (χ0v) is 14.0. The Morgan fingerprint density at radius 2 is 2.27 bits per heavy atom. The normalized spacial score (nSPS) is 14.3. The van der Waals surface area contributed by atoms with Gasteiger partial charge >= 0.3 is 0 Å². The summed E-state index contributed by atoms with van der Waals surface area (Å²) >= 11 is 1.55. The molecular weight excluding hydrogens is 298 g/mol. The van der Waals surface area contributed by atoms with Crippen LogP contribution in [0.5, 0.6) is 0 Å². The van der Waals surface area contributed by atoms with E-state index in [1.165, 1.54) is 11.3 Å². The van der Waals surface area contributed by atoms with Crippen molar-refractivity contribution >= 4 is 29.3 Å². The van der Waals surface area contributed by atoms with Gasteiger partial charge < -0.3 is 15.1 Å². The third kappa shape index (κ3) is 4.66. The number of likely N-dealkylation sites (N-methyl/N-ethyl adjacent to an activating group) is 1. The van der Waals surface area contributed by atoms with E-state index in [-0.39, 0.29) is 18.4 Å². The summed E-state index contributed by atoms with van der Waals surface area (Å²) < 4.78 is 0. The van der Waals surface area contributed by atoms with E-state index in [2.05, 4.69) is 42.3 Å². The Hall–Kier alpha value is -1.69. The van der Waals surface area contributed by atoms with Crippen LogP contribution in [0.15, 0.2) is 24.3 Å². The van der Waals surface area contributed by atoms with Crippen molar-refractivity contribution in [2.45, 2.75) is 13.8 Å². The Labute approximate surface area is 136 Å². The second kappa shape index (κ2) is 8.08. The van der Waals surface area contributed by atoms with Crippen LogP contribution in [0.4, 0.5) is 5.69 Å². The molecule has 1 aromatic carbocycles. The topological polar surface area (TPSA) is 52.7 Å². The Balaban J connectivity index is 1.76. The monoisotopic (exact) mass is 321 g/mol. The molecule has 0 bridgehead atoms. The van der Waals surface area contributed by atoms with Gasteiger partial charge in [0.15, 0.2) is 0 Å². The molecule has 1 fully saturated rings. The van der Waals surface area contributed by atoms with Gasteiger partial charge in [-0.15, -0.1) is 11.8 Å². The fourth-order valence-electron chi connectivity index (χ4n) is 2.39. The lowest BCUT2D eigenvalue weighted by Gasteiger charge is -2.24. The van der Waals surface area contributed by atoms with E-state index in [9.17, 15) is 9.59 Å². The minimum absolute atomic E-state index is 0.0510. The van der Waals surface area contributed by atoms with Crippen molar-refractivity contribution in [1.82, 2.24) is 10.2 Å². The van der Waals surface area contributed by atoms with Crippen LogP contribution >= 0.6 is 11.8 Å². The van der Waals surface area contributed by atoms with Crippen LogP contribution < -0.4 is 10.2 Å². The quantitative estimate of drug-likeness (QED) is 0.826. The second-order valence-electron chi connectivity index (χ2n) is 5.34. The highest BCUT2D eigenvalue weighted by molar-refractivity contribution is 8.00. The molecule has 120 valence electrons. The maximum absolute atomic E-state index is 11.9. The predicted octanol–water partition coefficient (Wildman–Crippen LogP) is 1.47. The Kier molecular flexibility index (Phi) is 6.12. The average Bonchev–Trinajstić information content (AvgIpc) is 2.89. The van der Waals surface area contributed by atoms with Gasteiger partial charge in [-0.1, -0.05) is 12.1 Å². The fourth-order valence-corrected chi connectivity index (χ4v) is 3.30. The van der Waals surface area contributed by atoms with E-state index in [0.29, 0.717) is 18.2 Å². The molecular formula is C16H23N3O2S. The number of amides is 2. The van der Waals surface area contributed by atoms with Gasteiger partial charge in [-0.2, -0.15) is 0 Å². The molecule has 6 heteroatoms. The number of nitrogens with zero attached hydrogens (tertiary/aromatic N) is 2. The molecule has 1 aliphatic rings. The van der Waals surface area contributed by atoms with Crippen LogP contribution in [0.2, 0.25) is 0 Å². The summed E-state index contributed by atoms with van der Waals surface area (Å²) in [7, 11) is 0. The summed E-state index contributed by atoms with van der Waals surface area (Å²) in [5.74, 6) is 1.08. The molecule has 22 heavy (non-hydrogen) atoms. The van der Waals surface area contributed by atoms with Crippen LogP contribution in [0.3, 0.4) is 0 Å². The van der Waals surface area contributed by atoms with E-state index < -0.39 is 0 Å². The number of anilines is 1. The average molecular weight is 321 g/mol. The molecule has 0 aliphatic carbocycles. The van der Waals surface area contributed by atoms with Crippen molar-refractivity contribution < 1.29 is 9.59 Å². The molecule has 5 nitrogen and oxygen atoms in total. The van der Waals surface area contributed by atoms with Gasteiger partial charge in [0.25, 0.3) is 0 Å². The largest absolute Gasteiger partial charge is 0.370 e. The molecule has 1 saturated heterocycles. The maximum atomic E-state index is 11.9. The highest BCUT2D eigenvalue weighted by atomic mass is 32.2. The summed E-state index contributed by atoms with van der Waals surface area (Å²) in [4.78, 5) is 27.2. The molecule has 1 heterocycles. The second-order valence-corrected chi connectivity index (χ2v) is 6.29. The van der Waals surface area contributed by atoms with Gasteiger partial charge in [-0.25, -0.2) is 0 Å². The standard InChI is InChI=1S/C16H23N3O2S/c1-3-18(14-6-4-5-13(2)9-14)8-7-17-15(20)10-19-12-22-11-16(19)21/h4-6,9H,3,7-8,10-12H2,1-2H3,(H,17,20). The highest BCUT2D eigenvalue weighted by Crippen LogP contribution is 2.15. The third-order valence-electron chi connectivity index (χ3n) is 3.61. The Morgan fingerprint density at radius 1 is 1.45 bits per heavy atom. The summed E-state index contributed by atoms with van der Waals surface area (Å²) in [5, 5.41) is 2.90. The summed E-state index contributed by atoms with van der Waals surface area (Å²) in [5.41, 5.74) is 2.40. The van der Waals surface area contributed by atoms with Gasteiger partial charge in [-0.05, 0) is 31.5 Å². The summed E-state index contributed by atoms with van der Waals surface area (Å²) in [6.07, 6.45) is 0. The number of rotatable bonds is 7. The number of hydrogen-bond donors (Lipinski definition) is 1. The smallest absolute Gasteiger partial charge is 0.239 e. The van der Waals surface area contributed by atoms with Crippen LogP contribution in [0.25, 0.3) is 0 Å². The molecule has 0 atom stereocenters. The van der Waals surface area contributed by atoms with E-state index in [1.807, 2.05) is 6.07 Å². The lowest BCUT2D eigenvalue weighted by molar-refractivity contribution is -0.132. The molecule has 0 aromatic heterocycles. The minimum atomic E-state index is -0.0869. The van der Waals surface area contributed by atoms with Crippen LogP contribution in [-0.4, -0.2) is 54.5 Å². The van der Waals surface area contributed by atoms with Gasteiger partial charge in [0.05, 0.1) is 11.6 Å². The SMILES string of the molecule is CCN(CCNC(=O)CN1CSCC1=O)c1cccc(C)c1. The maximum Gasteiger partial charge on any atom is 0.239 e. The molecule has 2 rings (SSSR count). The van der Waals surface area contributed by atoms with Crippen molar-refractivity contribution in [2.24, 2.45) is 0 Å². The van der Waals surface area contributed by atoms with Crippen LogP contribution in [0, 0.1) is 6.92 Å². The molecule has 1 aliphatic heterocycles. The predicted molar refractivity (Wildman–Crippen MR) is 91.1 cm³/mol. The Morgan fingerprint density at radius 3 is 2.91 bits per heavy atom. The Bertz CT molecular complexity index is 536. The summed E-state index contributed by atoms with van der Waals surface area (Å²) in [6.45, 7) is 6.57. The van der Waals surface area contributed by atoms with Crippen molar-refractivity contribution in [2.75, 3.05) is 42.7 Å². The molecule has 0 saturated carbocycles. The molecule has 1 aromatic rings. The van der Waals surface area contributed by atoms with Crippen LogP contribution in [-0.2, 0) is 9.59 Å². The number of carbonyl (C=O) groups excluding carboxylic acids is 2. The number of hydrogen-bond acceptors (Lipinski definition) is 4. The first kappa shape index (κ1) is 16.7. The highest BCUT2D eigenvalue weighted by Gasteiger charge is 2.22.